The van der Waals surface area contributed by atoms with Gasteiger partial charge in [-0.15, -0.1) is 0 Å². The summed E-state index contributed by atoms with van der Waals surface area (Å²) in [4.78, 5) is 31.8. The summed E-state index contributed by atoms with van der Waals surface area (Å²) in [5.41, 5.74) is 2.59. The Morgan fingerprint density at radius 2 is 1.96 bits per heavy atom. The average molecular weight is 342 g/mol. The fourth-order valence-corrected chi connectivity index (χ4v) is 4.53. The molecule has 0 aromatic heterocycles. The van der Waals surface area contributed by atoms with Crippen molar-refractivity contribution < 1.29 is 18.7 Å². The van der Waals surface area contributed by atoms with E-state index in [0.29, 0.717) is 25.0 Å². The number of urea groups is 1. The lowest BCUT2D eigenvalue weighted by molar-refractivity contribution is -0.145. The molecule has 8 nitrogen and oxygen atoms in total. The summed E-state index contributed by atoms with van der Waals surface area (Å²) in [6.07, 6.45) is 5.60. The van der Waals surface area contributed by atoms with Gasteiger partial charge >= 0.3 is 6.03 Å². The highest BCUT2D eigenvalue weighted by Crippen LogP contribution is 2.31. The molecule has 0 aromatic rings. The Bertz CT molecular complexity index is 495. The minimum absolute atomic E-state index is 0.0231. The van der Waals surface area contributed by atoms with Gasteiger partial charge in [0.1, 0.15) is 6.04 Å². The third-order valence-corrected chi connectivity index (χ3v) is 5.65. The number of nitrogens with zero attached hydrogens (tertiary/aromatic N) is 2. The molecule has 0 radical (unpaired) electrons. The molecule has 2 N–H and O–H groups in total. The molecule has 2 unspecified atom stereocenters. The van der Waals surface area contributed by atoms with Gasteiger partial charge in [-0.05, 0) is 38.5 Å². The van der Waals surface area contributed by atoms with E-state index in [9.17, 15) is 9.59 Å². The molecule has 4 fully saturated rings. The van der Waals surface area contributed by atoms with Gasteiger partial charge in [0.15, 0.2) is 0 Å². The Balaban J connectivity index is 1.32. The largest absolute Gasteiger partial charge is 0.345 e. The maximum absolute atomic E-state index is 12.4. The standard InChI is InChI=1S/C14H22N4O4S/c19-13(16-21-11-5-8-1-2-9(6-11)15-8)12-4-3-10-7-17(12)14(20)18(10)22-23/h8-12,15,23H,1-7H2,(H,16,19)/t8?,9?,10-,11?,12+/m1/s1. The van der Waals surface area contributed by atoms with Crippen LogP contribution in [-0.4, -0.2) is 58.7 Å². The summed E-state index contributed by atoms with van der Waals surface area (Å²) in [6.45, 7) is 0.495. The normalized spacial score (nSPS) is 39.0. The second kappa shape index (κ2) is 6.12. The van der Waals surface area contributed by atoms with Gasteiger partial charge in [-0.3, -0.25) is 9.63 Å². The zero-order valence-corrected chi connectivity index (χ0v) is 13.7. The van der Waals surface area contributed by atoms with Crippen LogP contribution in [0.1, 0.15) is 38.5 Å². The first-order valence-electron chi connectivity index (χ1n) is 8.28. The van der Waals surface area contributed by atoms with E-state index in [1.54, 1.807) is 0 Å². The van der Waals surface area contributed by atoms with Crippen LogP contribution in [0, 0.1) is 0 Å². The number of fused-ring (bicyclic) bond motifs is 4. The highest BCUT2D eigenvalue weighted by Gasteiger charge is 2.48. The zero-order valence-electron chi connectivity index (χ0n) is 12.8. The molecular formula is C14H22N4O4S. The molecule has 4 atom stereocenters. The van der Waals surface area contributed by atoms with Gasteiger partial charge in [-0.25, -0.2) is 14.6 Å². The predicted molar refractivity (Wildman–Crippen MR) is 83.0 cm³/mol. The summed E-state index contributed by atoms with van der Waals surface area (Å²) in [7, 11) is 0. The second-order valence-corrected chi connectivity index (χ2v) is 7.07. The van der Waals surface area contributed by atoms with Crippen LogP contribution in [0.15, 0.2) is 0 Å². The van der Waals surface area contributed by atoms with Gasteiger partial charge in [-0.2, -0.15) is 5.06 Å². The van der Waals surface area contributed by atoms with Crippen molar-refractivity contribution in [1.29, 1.82) is 0 Å². The summed E-state index contributed by atoms with van der Waals surface area (Å²) in [5.74, 6) is -0.247. The average Bonchev–Trinajstić information content (AvgIpc) is 3.02. The van der Waals surface area contributed by atoms with Crippen LogP contribution in [0.2, 0.25) is 0 Å². The quantitative estimate of drug-likeness (QED) is 0.390. The van der Waals surface area contributed by atoms with Crippen LogP contribution in [0.25, 0.3) is 0 Å². The lowest BCUT2D eigenvalue weighted by Crippen LogP contribution is -2.51. The van der Waals surface area contributed by atoms with E-state index in [1.165, 1.54) is 22.8 Å². The highest BCUT2D eigenvalue weighted by atomic mass is 32.1. The fourth-order valence-electron chi connectivity index (χ4n) is 4.32. The van der Waals surface area contributed by atoms with Crippen molar-refractivity contribution in [3.63, 3.8) is 0 Å². The third-order valence-electron chi connectivity index (χ3n) is 5.47. The molecule has 4 bridgehead atoms. The van der Waals surface area contributed by atoms with Crippen LogP contribution in [0.4, 0.5) is 4.79 Å². The molecular weight excluding hydrogens is 320 g/mol. The maximum atomic E-state index is 12.4. The SMILES string of the molecule is O=C(NOC1CC2CCC(C1)N2)[C@@H]1CC[C@@H]2CN1C(=O)N2OS. The highest BCUT2D eigenvalue weighted by molar-refractivity contribution is 7.75. The topological polar surface area (TPSA) is 83.1 Å². The van der Waals surface area contributed by atoms with Crippen LogP contribution in [0.3, 0.4) is 0 Å². The number of carbonyl (C=O) groups excluding carboxylic acids is 2. The maximum Gasteiger partial charge on any atom is 0.345 e. The first-order chi connectivity index (χ1) is 11.2. The van der Waals surface area contributed by atoms with Crippen LogP contribution in [-0.2, 0) is 13.9 Å². The number of rotatable bonds is 4. The molecule has 4 saturated heterocycles. The minimum Gasteiger partial charge on any atom is -0.311 e. The van der Waals surface area contributed by atoms with Gasteiger partial charge in [0.05, 0.1) is 12.1 Å². The first kappa shape index (κ1) is 15.5. The first-order valence-corrected chi connectivity index (χ1v) is 8.65. The van der Waals surface area contributed by atoms with Gasteiger partial charge in [0.2, 0.25) is 0 Å². The van der Waals surface area contributed by atoms with Crippen LogP contribution < -0.4 is 10.8 Å². The Kier molecular flexibility index (Phi) is 4.12. The lowest BCUT2D eigenvalue weighted by Gasteiger charge is -2.31. The Morgan fingerprint density at radius 1 is 1.22 bits per heavy atom. The molecule has 3 amide bonds. The molecule has 4 heterocycles. The molecule has 4 rings (SSSR count). The molecule has 4 aliphatic rings. The molecule has 0 spiro atoms. The van der Waals surface area contributed by atoms with Crippen molar-refractivity contribution in [2.24, 2.45) is 0 Å². The van der Waals surface area contributed by atoms with Crippen LogP contribution in [0.5, 0.6) is 0 Å². The number of piperidine rings is 2. The van der Waals surface area contributed by atoms with E-state index < -0.39 is 6.04 Å². The van der Waals surface area contributed by atoms with Gasteiger partial charge in [0, 0.05) is 31.5 Å². The minimum atomic E-state index is -0.495. The fraction of sp³-hybridized carbons (Fsp3) is 0.857. The van der Waals surface area contributed by atoms with Crippen LogP contribution >= 0.6 is 12.9 Å². The van der Waals surface area contributed by atoms with E-state index >= 15 is 0 Å². The number of thiol groups is 1. The van der Waals surface area contributed by atoms with E-state index in [1.807, 2.05) is 0 Å². The summed E-state index contributed by atoms with van der Waals surface area (Å²) in [5, 5.41) is 4.78. The van der Waals surface area contributed by atoms with E-state index in [-0.39, 0.29) is 24.1 Å². The molecule has 4 aliphatic heterocycles. The molecule has 0 aromatic carbocycles. The molecule has 23 heavy (non-hydrogen) atoms. The van der Waals surface area contributed by atoms with Gasteiger partial charge < -0.3 is 10.2 Å². The van der Waals surface area contributed by atoms with E-state index in [0.717, 1.165) is 19.3 Å². The molecule has 0 saturated carbocycles. The second-order valence-electron chi connectivity index (χ2n) is 6.90. The molecule has 128 valence electrons. The Morgan fingerprint density at radius 3 is 2.65 bits per heavy atom. The van der Waals surface area contributed by atoms with E-state index in [4.69, 9.17) is 9.12 Å². The number of amides is 3. The van der Waals surface area contributed by atoms with E-state index in [2.05, 4.69) is 23.7 Å². The monoisotopic (exact) mass is 342 g/mol. The van der Waals surface area contributed by atoms with Crippen molar-refractivity contribution >= 4 is 24.8 Å². The van der Waals surface area contributed by atoms with Gasteiger partial charge in [0.25, 0.3) is 5.91 Å². The van der Waals surface area contributed by atoms with Gasteiger partial charge in [-0.1, -0.05) is 0 Å². The Labute approximate surface area is 140 Å². The predicted octanol–water partition coefficient (Wildman–Crippen LogP) is 0.362. The lowest BCUT2D eigenvalue weighted by atomic mass is 10.0. The van der Waals surface area contributed by atoms with Crippen molar-refractivity contribution in [3.05, 3.63) is 0 Å². The number of hydrogen-bond acceptors (Lipinski definition) is 6. The summed E-state index contributed by atoms with van der Waals surface area (Å²) < 4.78 is 4.82. The zero-order chi connectivity index (χ0) is 16.0. The Hall–Kier alpha value is -1.03. The van der Waals surface area contributed by atoms with Crippen molar-refractivity contribution in [3.8, 4) is 0 Å². The number of nitrogens with one attached hydrogen (secondary N) is 2. The summed E-state index contributed by atoms with van der Waals surface area (Å²) >= 11 is 3.72. The third kappa shape index (κ3) is 2.79. The van der Waals surface area contributed by atoms with Crippen molar-refractivity contribution in [2.45, 2.75) is 68.8 Å². The number of hydroxylamine groups is 3. The van der Waals surface area contributed by atoms with Crippen molar-refractivity contribution in [1.82, 2.24) is 20.8 Å². The molecule has 9 heteroatoms. The molecule has 0 aliphatic carbocycles. The summed E-state index contributed by atoms with van der Waals surface area (Å²) in [6, 6.07) is 0.193. The van der Waals surface area contributed by atoms with Crippen molar-refractivity contribution in [2.75, 3.05) is 6.54 Å². The number of carbonyl (C=O) groups is 2. The smallest absolute Gasteiger partial charge is 0.311 e. The number of hydrogen-bond donors (Lipinski definition) is 3.